The Kier molecular flexibility index (Phi) is 4.64. The molecule has 2 atom stereocenters. The van der Waals surface area contributed by atoms with Crippen molar-refractivity contribution < 1.29 is 9.21 Å². The standard InChI is InChI=1S/C16H18ClN3O2S/c1-9-6-11(9)13-5-4-10(22-13)8-20(2)15(21)14-12(17)7-18-16(19-14)23-3/h4-5,7,9,11H,6,8H2,1-3H3. The fourth-order valence-corrected chi connectivity index (χ4v) is 3.00. The van der Waals surface area contributed by atoms with E-state index in [0.717, 1.165) is 11.5 Å². The van der Waals surface area contributed by atoms with E-state index in [1.54, 1.807) is 11.9 Å². The number of rotatable bonds is 5. The summed E-state index contributed by atoms with van der Waals surface area (Å²) in [4.78, 5) is 22.4. The summed E-state index contributed by atoms with van der Waals surface area (Å²) in [6.07, 6.45) is 4.49. The number of carbonyl (C=O) groups excluding carboxylic acids is 1. The molecule has 122 valence electrons. The lowest BCUT2D eigenvalue weighted by atomic mass is 10.3. The number of furan rings is 1. The van der Waals surface area contributed by atoms with Gasteiger partial charge in [0.15, 0.2) is 10.9 Å². The molecule has 0 aliphatic heterocycles. The third kappa shape index (κ3) is 3.53. The summed E-state index contributed by atoms with van der Waals surface area (Å²) >= 11 is 7.43. The van der Waals surface area contributed by atoms with E-state index in [9.17, 15) is 4.79 Å². The highest BCUT2D eigenvalue weighted by molar-refractivity contribution is 7.98. The van der Waals surface area contributed by atoms with Crippen molar-refractivity contribution in [3.63, 3.8) is 0 Å². The van der Waals surface area contributed by atoms with Gasteiger partial charge in [-0.25, -0.2) is 9.97 Å². The predicted molar refractivity (Wildman–Crippen MR) is 89.9 cm³/mol. The fraction of sp³-hybridized carbons (Fsp3) is 0.438. The van der Waals surface area contributed by atoms with Crippen LogP contribution >= 0.6 is 23.4 Å². The molecule has 0 N–H and O–H groups in total. The largest absolute Gasteiger partial charge is 0.464 e. The number of hydrogen-bond acceptors (Lipinski definition) is 5. The van der Waals surface area contributed by atoms with Gasteiger partial charge in [-0.1, -0.05) is 30.3 Å². The van der Waals surface area contributed by atoms with Gasteiger partial charge >= 0.3 is 0 Å². The van der Waals surface area contributed by atoms with E-state index >= 15 is 0 Å². The summed E-state index contributed by atoms with van der Waals surface area (Å²) in [5.74, 6) is 2.76. The minimum absolute atomic E-state index is 0.219. The normalized spacial score (nSPS) is 19.7. The first-order valence-electron chi connectivity index (χ1n) is 7.40. The number of carbonyl (C=O) groups is 1. The summed E-state index contributed by atoms with van der Waals surface area (Å²) in [5, 5.41) is 0.778. The maximum atomic E-state index is 12.5. The van der Waals surface area contributed by atoms with Gasteiger partial charge in [0.2, 0.25) is 0 Å². The second-order valence-electron chi connectivity index (χ2n) is 5.84. The molecule has 7 heteroatoms. The molecule has 23 heavy (non-hydrogen) atoms. The van der Waals surface area contributed by atoms with Gasteiger partial charge in [0, 0.05) is 13.0 Å². The number of hydrogen-bond donors (Lipinski definition) is 0. The lowest BCUT2D eigenvalue weighted by molar-refractivity contribution is 0.0768. The van der Waals surface area contributed by atoms with E-state index in [2.05, 4.69) is 16.9 Å². The molecule has 0 radical (unpaired) electrons. The van der Waals surface area contributed by atoms with Crippen molar-refractivity contribution in [2.45, 2.75) is 31.0 Å². The van der Waals surface area contributed by atoms with Gasteiger partial charge in [0.25, 0.3) is 5.91 Å². The molecule has 0 spiro atoms. The van der Waals surface area contributed by atoms with Crippen molar-refractivity contribution in [2.75, 3.05) is 13.3 Å². The van der Waals surface area contributed by atoms with Crippen LogP contribution in [-0.4, -0.2) is 34.1 Å². The molecule has 2 aromatic heterocycles. The van der Waals surface area contributed by atoms with E-state index in [4.69, 9.17) is 16.0 Å². The Morgan fingerprint density at radius 2 is 2.26 bits per heavy atom. The highest BCUT2D eigenvalue weighted by Gasteiger charge is 2.36. The lowest BCUT2D eigenvalue weighted by Crippen LogP contribution is -2.27. The van der Waals surface area contributed by atoms with Crippen molar-refractivity contribution in [3.05, 3.63) is 40.6 Å². The SMILES string of the molecule is CSc1ncc(Cl)c(C(=O)N(C)Cc2ccc(C3CC3C)o2)n1. The zero-order valence-corrected chi connectivity index (χ0v) is 14.8. The molecule has 5 nitrogen and oxygen atoms in total. The Hall–Kier alpha value is -1.53. The molecular formula is C16H18ClN3O2S. The Bertz CT molecular complexity index is 734. The second-order valence-corrected chi connectivity index (χ2v) is 7.02. The first kappa shape index (κ1) is 16.3. The minimum atomic E-state index is -0.245. The van der Waals surface area contributed by atoms with Crippen LogP contribution < -0.4 is 0 Å². The molecule has 2 heterocycles. The van der Waals surface area contributed by atoms with E-state index in [-0.39, 0.29) is 16.6 Å². The highest BCUT2D eigenvalue weighted by Crippen LogP contribution is 2.47. The van der Waals surface area contributed by atoms with Crippen molar-refractivity contribution in [1.82, 2.24) is 14.9 Å². The van der Waals surface area contributed by atoms with Crippen LogP contribution in [0.5, 0.6) is 0 Å². The Labute approximate surface area is 144 Å². The smallest absolute Gasteiger partial charge is 0.274 e. The fourth-order valence-electron chi connectivity index (χ4n) is 2.48. The summed E-state index contributed by atoms with van der Waals surface area (Å²) in [5.41, 5.74) is 0.219. The van der Waals surface area contributed by atoms with Gasteiger partial charge in [0.05, 0.1) is 17.8 Å². The van der Waals surface area contributed by atoms with Crippen LogP contribution in [0.2, 0.25) is 5.02 Å². The average Bonchev–Trinajstić information content (AvgIpc) is 3.09. The molecule has 0 bridgehead atoms. The monoisotopic (exact) mass is 351 g/mol. The van der Waals surface area contributed by atoms with Crippen molar-refractivity contribution in [3.8, 4) is 0 Å². The molecule has 2 aromatic rings. The second kappa shape index (κ2) is 6.53. The van der Waals surface area contributed by atoms with Gasteiger partial charge in [-0.3, -0.25) is 4.79 Å². The number of aromatic nitrogens is 2. The molecule has 1 amide bonds. The van der Waals surface area contributed by atoms with Crippen LogP contribution in [0.4, 0.5) is 0 Å². The van der Waals surface area contributed by atoms with Gasteiger partial charge < -0.3 is 9.32 Å². The van der Waals surface area contributed by atoms with Gasteiger partial charge in [-0.15, -0.1) is 0 Å². The molecule has 1 fully saturated rings. The first-order chi connectivity index (χ1) is 11.0. The maximum Gasteiger partial charge on any atom is 0.274 e. The van der Waals surface area contributed by atoms with E-state index in [0.29, 0.717) is 23.5 Å². The molecule has 1 aliphatic carbocycles. The van der Waals surface area contributed by atoms with E-state index < -0.39 is 0 Å². The maximum absolute atomic E-state index is 12.5. The molecule has 1 aliphatic rings. The predicted octanol–water partition coefficient (Wildman–Crippen LogP) is 3.84. The van der Waals surface area contributed by atoms with Crippen molar-refractivity contribution in [2.24, 2.45) is 5.92 Å². The Morgan fingerprint density at radius 1 is 1.52 bits per heavy atom. The summed E-state index contributed by atoms with van der Waals surface area (Å²) in [6.45, 7) is 2.60. The first-order valence-corrected chi connectivity index (χ1v) is 9.00. The average molecular weight is 352 g/mol. The van der Waals surface area contributed by atoms with Gasteiger partial charge in [-0.2, -0.15) is 0 Å². The third-order valence-corrected chi connectivity index (χ3v) is 4.84. The summed E-state index contributed by atoms with van der Waals surface area (Å²) in [6, 6.07) is 3.93. The molecule has 3 rings (SSSR count). The quantitative estimate of drug-likeness (QED) is 0.605. The van der Waals surface area contributed by atoms with Crippen LogP contribution in [-0.2, 0) is 6.54 Å². The van der Waals surface area contributed by atoms with Crippen LogP contribution in [0.3, 0.4) is 0 Å². The topological polar surface area (TPSA) is 59.2 Å². The number of nitrogens with zero attached hydrogens (tertiary/aromatic N) is 3. The van der Waals surface area contributed by atoms with E-state index in [1.165, 1.54) is 24.4 Å². The molecular weight excluding hydrogens is 334 g/mol. The number of amides is 1. The van der Waals surface area contributed by atoms with Crippen LogP contribution in [0.1, 0.15) is 41.3 Å². The zero-order valence-electron chi connectivity index (χ0n) is 13.2. The number of thioether (sulfide) groups is 1. The molecule has 0 saturated heterocycles. The van der Waals surface area contributed by atoms with E-state index in [1.807, 2.05) is 18.4 Å². The highest BCUT2D eigenvalue weighted by atomic mass is 35.5. The summed E-state index contributed by atoms with van der Waals surface area (Å²) in [7, 11) is 1.71. The zero-order chi connectivity index (χ0) is 16.6. The molecule has 0 aromatic carbocycles. The van der Waals surface area contributed by atoms with Crippen LogP contribution in [0.15, 0.2) is 27.9 Å². The third-order valence-electron chi connectivity index (χ3n) is 4.00. The lowest BCUT2D eigenvalue weighted by Gasteiger charge is -2.16. The van der Waals surface area contributed by atoms with Crippen LogP contribution in [0.25, 0.3) is 0 Å². The van der Waals surface area contributed by atoms with Crippen molar-refractivity contribution in [1.29, 1.82) is 0 Å². The summed E-state index contributed by atoms with van der Waals surface area (Å²) < 4.78 is 5.85. The molecule has 1 saturated carbocycles. The Morgan fingerprint density at radius 3 is 2.91 bits per heavy atom. The van der Waals surface area contributed by atoms with Gasteiger partial charge in [0.1, 0.15) is 11.5 Å². The number of halogens is 1. The van der Waals surface area contributed by atoms with Gasteiger partial charge in [-0.05, 0) is 30.7 Å². The minimum Gasteiger partial charge on any atom is -0.464 e. The van der Waals surface area contributed by atoms with Crippen molar-refractivity contribution >= 4 is 29.3 Å². The Balaban J connectivity index is 1.71. The van der Waals surface area contributed by atoms with Crippen LogP contribution in [0, 0.1) is 5.92 Å². The molecule has 2 unspecified atom stereocenters.